The lowest BCUT2D eigenvalue weighted by atomic mass is 10.1. The molecule has 3 N–H and O–H groups in total. The van der Waals surface area contributed by atoms with E-state index in [4.69, 9.17) is 9.52 Å². The van der Waals surface area contributed by atoms with E-state index in [2.05, 4.69) is 35.0 Å². The third-order valence-corrected chi connectivity index (χ3v) is 4.47. The number of halogens is 1. The number of amides is 1. The Morgan fingerprint density at radius 1 is 1.17 bits per heavy atom. The van der Waals surface area contributed by atoms with E-state index in [1.54, 1.807) is 7.05 Å². The monoisotopic (exact) mass is 513 g/mol. The Balaban J connectivity index is 0.00000420. The molecule has 0 bridgehead atoms. The molecule has 160 valence electrons. The van der Waals surface area contributed by atoms with Gasteiger partial charge in [0.05, 0.1) is 12.2 Å². The van der Waals surface area contributed by atoms with Crippen LogP contribution in [0.1, 0.15) is 53.7 Å². The predicted octanol–water partition coefficient (Wildman–Crippen LogP) is 3.07. The van der Waals surface area contributed by atoms with Crippen LogP contribution in [-0.2, 0) is 25.8 Å². The quantitative estimate of drug-likeness (QED) is 0.273. The highest BCUT2D eigenvalue weighted by Gasteiger charge is 2.13. The minimum absolute atomic E-state index is 0. The number of guanidine groups is 1. The second kappa shape index (κ2) is 13.2. The molecule has 0 aliphatic heterocycles. The molecule has 0 radical (unpaired) electrons. The first-order chi connectivity index (χ1) is 13.6. The molecule has 7 nitrogen and oxygen atoms in total. The lowest BCUT2D eigenvalue weighted by Gasteiger charge is -2.12. The van der Waals surface area contributed by atoms with E-state index in [1.165, 1.54) is 0 Å². The van der Waals surface area contributed by atoms with Crippen LogP contribution < -0.4 is 16.0 Å². The summed E-state index contributed by atoms with van der Waals surface area (Å²) in [6, 6.07) is 7.67. The van der Waals surface area contributed by atoms with E-state index in [0.717, 1.165) is 54.3 Å². The van der Waals surface area contributed by atoms with Crippen LogP contribution in [0.15, 0.2) is 33.8 Å². The highest BCUT2D eigenvalue weighted by molar-refractivity contribution is 14.0. The highest BCUT2D eigenvalue weighted by Crippen LogP contribution is 2.16. The van der Waals surface area contributed by atoms with E-state index >= 15 is 0 Å². The summed E-state index contributed by atoms with van der Waals surface area (Å²) >= 11 is 0. The van der Waals surface area contributed by atoms with Gasteiger partial charge in [-0.15, -0.1) is 24.0 Å². The van der Waals surface area contributed by atoms with Crippen molar-refractivity contribution in [3.05, 3.63) is 52.4 Å². The highest BCUT2D eigenvalue weighted by atomic mass is 127. The Labute approximate surface area is 190 Å². The van der Waals surface area contributed by atoms with E-state index in [1.807, 2.05) is 31.2 Å². The van der Waals surface area contributed by atoms with Gasteiger partial charge >= 0.3 is 0 Å². The summed E-state index contributed by atoms with van der Waals surface area (Å²) in [5, 5.41) is 13.4. The van der Waals surface area contributed by atoms with Crippen molar-refractivity contribution in [1.29, 1.82) is 0 Å². The molecule has 0 saturated heterocycles. The lowest BCUT2D eigenvalue weighted by Crippen LogP contribution is -2.38. The third kappa shape index (κ3) is 7.34. The first kappa shape index (κ1) is 24.9. The van der Waals surface area contributed by atoms with Gasteiger partial charge < -0.3 is 20.5 Å². The van der Waals surface area contributed by atoms with Gasteiger partial charge in [0.2, 0.25) is 0 Å². The molecule has 1 amide bonds. The summed E-state index contributed by atoms with van der Waals surface area (Å²) < 4.78 is 5.41. The molecule has 2 rings (SSSR count). The molecule has 0 saturated carbocycles. The number of benzene rings is 1. The van der Waals surface area contributed by atoms with Crippen LogP contribution in [0, 0.1) is 0 Å². The van der Waals surface area contributed by atoms with Crippen molar-refractivity contribution < 1.29 is 9.32 Å². The van der Waals surface area contributed by atoms with Gasteiger partial charge in [0.25, 0.3) is 5.91 Å². The summed E-state index contributed by atoms with van der Waals surface area (Å²) in [7, 11) is 1.64. The molecule has 0 unspecified atom stereocenters. The normalized spacial score (nSPS) is 11.0. The second-order valence-electron chi connectivity index (χ2n) is 6.39. The summed E-state index contributed by atoms with van der Waals surface area (Å²) in [5.41, 5.74) is 3.83. The molecular formula is C21H32IN5O2. The first-order valence-corrected chi connectivity index (χ1v) is 9.92. The number of aryl methyl sites for hydroxylation is 2. The topological polar surface area (TPSA) is 91.6 Å². The molecule has 2 aromatic rings. The third-order valence-electron chi connectivity index (χ3n) is 4.47. The van der Waals surface area contributed by atoms with Crippen LogP contribution in [0.25, 0.3) is 0 Å². The van der Waals surface area contributed by atoms with Crippen LogP contribution in [0.5, 0.6) is 0 Å². The van der Waals surface area contributed by atoms with Gasteiger partial charge in [-0.25, -0.2) is 4.99 Å². The molecule has 0 aliphatic carbocycles. The Morgan fingerprint density at radius 3 is 2.62 bits per heavy atom. The molecule has 1 aromatic carbocycles. The smallest absolute Gasteiger partial charge is 0.251 e. The maximum atomic E-state index is 11.8. The zero-order valence-electron chi connectivity index (χ0n) is 17.7. The zero-order chi connectivity index (χ0) is 20.4. The number of nitrogens with zero attached hydrogens (tertiary/aromatic N) is 2. The van der Waals surface area contributed by atoms with Gasteiger partial charge in [0, 0.05) is 37.7 Å². The fourth-order valence-electron chi connectivity index (χ4n) is 2.95. The van der Waals surface area contributed by atoms with Crippen LogP contribution in [0.2, 0.25) is 0 Å². The Kier molecular flexibility index (Phi) is 11.3. The molecule has 0 fully saturated rings. The zero-order valence-corrected chi connectivity index (χ0v) is 20.0. The molecule has 0 spiro atoms. The van der Waals surface area contributed by atoms with E-state index in [0.29, 0.717) is 18.7 Å². The van der Waals surface area contributed by atoms with Gasteiger partial charge in [0.15, 0.2) is 5.96 Å². The number of rotatable bonds is 9. The predicted molar refractivity (Wildman–Crippen MR) is 127 cm³/mol. The van der Waals surface area contributed by atoms with Gasteiger partial charge in [0.1, 0.15) is 5.76 Å². The molecule has 0 aliphatic rings. The van der Waals surface area contributed by atoms with E-state index in [9.17, 15) is 4.79 Å². The van der Waals surface area contributed by atoms with Gasteiger partial charge in [-0.1, -0.05) is 31.1 Å². The van der Waals surface area contributed by atoms with Gasteiger partial charge in [-0.2, -0.15) is 0 Å². The average molecular weight is 513 g/mol. The van der Waals surface area contributed by atoms with Crippen LogP contribution in [0.4, 0.5) is 0 Å². The van der Waals surface area contributed by atoms with Gasteiger partial charge in [-0.05, 0) is 37.5 Å². The summed E-state index contributed by atoms with van der Waals surface area (Å²) in [4.78, 5) is 16.5. The molecule has 0 atom stereocenters. The van der Waals surface area contributed by atoms with Crippen molar-refractivity contribution in [3.63, 3.8) is 0 Å². The van der Waals surface area contributed by atoms with Crippen LogP contribution in [-0.4, -0.2) is 37.2 Å². The fourth-order valence-corrected chi connectivity index (χ4v) is 2.95. The molecule has 8 heteroatoms. The summed E-state index contributed by atoms with van der Waals surface area (Å²) in [6.07, 6.45) is 2.44. The second-order valence-corrected chi connectivity index (χ2v) is 6.39. The SMILES string of the molecule is CCNC(=NCc1c(CC)noc1CC)NCCc1cccc(C(=O)NC)c1.I. The number of aliphatic imine (C=N–C) groups is 1. The molecular weight excluding hydrogens is 481 g/mol. The van der Waals surface area contributed by atoms with E-state index < -0.39 is 0 Å². The molecule has 29 heavy (non-hydrogen) atoms. The van der Waals surface area contributed by atoms with Crippen molar-refractivity contribution in [1.82, 2.24) is 21.1 Å². The number of carbonyl (C=O) groups excluding carboxylic acids is 1. The van der Waals surface area contributed by atoms with Crippen molar-refractivity contribution in [2.45, 2.75) is 46.6 Å². The molecule has 1 heterocycles. The van der Waals surface area contributed by atoms with Crippen LogP contribution >= 0.6 is 24.0 Å². The van der Waals surface area contributed by atoms with Crippen molar-refractivity contribution in [2.75, 3.05) is 20.1 Å². The molecule has 1 aromatic heterocycles. The summed E-state index contributed by atoms with van der Waals surface area (Å²) in [5.74, 6) is 1.59. The number of hydrogen-bond donors (Lipinski definition) is 3. The largest absolute Gasteiger partial charge is 0.361 e. The van der Waals surface area contributed by atoms with Crippen molar-refractivity contribution in [2.24, 2.45) is 4.99 Å². The number of carbonyl (C=O) groups is 1. The van der Waals surface area contributed by atoms with Gasteiger partial charge in [-0.3, -0.25) is 4.79 Å². The average Bonchev–Trinajstić information content (AvgIpc) is 3.13. The maximum absolute atomic E-state index is 11.8. The minimum atomic E-state index is -0.0723. The summed E-state index contributed by atoms with van der Waals surface area (Å²) in [6.45, 7) is 8.21. The standard InChI is InChI=1S/C21H31N5O2.HI/c1-5-18-17(19(6-2)28-26-18)14-25-21(23-7-3)24-12-11-15-9-8-10-16(13-15)20(27)22-4;/h8-10,13H,5-7,11-12,14H2,1-4H3,(H,22,27)(H2,23,24,25);1H. The maximum Gasteiger partial charge on any atom is 0.251 e. The van der Waals surface area contributed by atoms with Crippen molar-refractivity contribution in [3.8, 4) is 0 Å². The van der Waals surface area contributed by atoms with Crippen LogP contribution in [0.3, 0.4) is 0 Å². The first-order valence-electron chi connectivity index (χ1n) is 9.92. The van der Waals surface area contributed by atoms with E-state index in [-0.39, 0.29) is 29.9 Å². The number of hydrogen-bond acceptors (Lipinski definition) is 4. The Hall–Kier alpha value is -2.10. The fraction of sp³-hybridized carbons (Fsp3) is 0.476. The minimum Gasteiger partial charge on any atom is -0.361 e. The Morgan fingerprint density at radius 2 is 1.97 bits per heavy atom. The number of nitrogens with one attached hydrogen (secondary N) is 3. The number of aromatic nitrogens is 1. The van der Waals surface area contributed by atoms with Crippen molar-refractivity contribution >= 4 is 35.8 Å². The lowest BCUT2D eigenvalue weighted by molar-refractivity contribution is 0.0963. The Bertz CT molecular complexity index is 783.